The van der Waals surface area contributed by atoms with Crippen molar-refractivity contribution in [3.8, 4) is 5.75 Å². The third-order valence-electron chi connectivity index (χ3n) is 2.17. The monoisotopic (exact) mass is 215 g/mol. The Balaban J connectivity index is 2.56. The van der Waals surface area contributed by atoms with Crippen LogP contribution in [-0.4, -0.2) is 12.7 Å². The van der Waals surface area contributed by atoms with Gasteiger partial charge >= 0.3 is 6.61 Å². The van der Waals surface area contributed by atoms with Crippen molar-refractivity contribution in [1.29, 1.82) is 0 Å². The lowest BCUT2D eigenvalue weighted by molar-refractivity contribution is -0.0498. The van der Waals surface area contributed by atoms with Gasteiger partial charge in [-0.25, -0.2) is 0 Å². The van der Waals surface area contributed by atoms with Gasteiger partial charge in [-0.2, -0.15) is 8.78 Å². The predicted octanol–water partition coefficient (Wildman–Crippen LogP) is 2.57. The van der Waals surface area contributed by atoms with E-state index in [0.29, 0.717) is 0 Å². The van der Waals surface area contributed by atoms with Gasteiger partial charge in [0.25, 0.3) is 0 Å². The molecule has 0 aliphatic rings. The van der Waals surface area contributed by atoms with E-state index in [1.807, 2.05) is 6.92 Å². The summed E-state index contributed by atoms with van der Waals surface area (Å²) in [5, 5.41) is 0. The van der Waals surface area contributed by atoms with Crippen LogP contribution in [0.3, 0.4) is 0 Å². The van der Waals surface area contributed by atoms with Crippen molar-refractivity contribution in [1.82, 2.24) is 0 Å². The molecule has 1 unspecified atom stereocenters. The smallest absolute Gasteiger partial charge is 0.387 e. The van der Waals surface area contributed by atoms with Gasteiger partial charge in [0.15, 0.2) is 0 Å². The van der Waals surface area contributed by atoms with Gasteiger partial charge in [-0.1, -0.05) is 19.1 Å². The maximum absolute atomic E-state index is 11.8. The van der Waals surface area contributed by atoms with E-state index in [1.54, 1.807) is 12.1 Å². The zero-order valence-electron chi connectivity index (χ0n) is 8.62. The Morgan fingerprint density at radius 3 is 2.33 bits per heavy atom. The molecule has 0 aliphatic carbocycles. The normalized spacial score (nSPS) is 12.9. The van der Waals surface area contributed by atoms with Crippen LogP contribution in [0.2, 0.25) is 0 Å². The zero-order valence-corrected chi connectivity index (χ0v) is 8.62. The average molecular weight is 215 g/mol. The quantitative estimate of drug-likeness (QED) is 0.819. The van der Waals surface area contributed by atoms with Gasteiger partial charge in [0, 0.05) is 6.04 Å². The second kappa shape index (κ2) is 5.66. The van der Waals surface area contributed by atoms with E-state index >= 15 is 0 Å². The SMILES string of the molecule is CCC(N)Cc1ccc(OC(F)F)cc1. The van der Waals surface area contributed by atoms with Crippen molar-refractivity contribution in [2.75, 3.05) is 0 Å². The second-order valence-electron chi connectivity index (χ2n) is 3.39. The maximum atomic E-state index is 11.8. The summed E-state index contributed by atoms with van der Waals surface area (Å²) < 4.78 is 27.9. The van der Waals surface area contributed by atoms with Crippen molar-refractivity contribution in [2.45, 2.75) is 32.4 Å². The van der Waals surface area contributed by atoms with E-state index in [4.69, 9.17) is 5.73 Å². The van der Waals surface area contributed by atoms with Crippen molar-refractivity contribution in [3.63, 3.8) is 0 Å². The van der Waals surface area contributed by atoms with Crippen molar-refractivity contribution in [3.05, 3.63) is 29.8 Å². The van der Waals surface area contributed by atoms with Crippen LogP contribution in [0.25, 0.3) is 0 Å². The Kier molecular flexibility index (Phi) is 4.49. The van der Waals surface area contributed by atoms with Crippen LogP contribution in [-0.2, 0) is 6.42 Å². The molecule has 1 aromatic carbocycles. The highest BCUT2D eigenvalue weighted by Gasteiger charge is 2.05. The molecule has 1 atom stereocenters. The summed E-state index contributed by atoms with van der Waals surface area (Å²) in [5.41, 5.74) is 6.81. The number of benzene rings is 1. The van der Waals surface area contributed by atoms with Crippen molar-refractivity contribution < 1.29 is 13.5 Å². The lowest BCUT2D eigenvalue weighted by atomic mass is 10.1. The Labute approximate surface area is 88.0 Å². The first-order valence-corrected chi connectivity index (χ1v) is 4.91. The maximum Gasteiger partial charge on any atom is 0.387 e. The highest BCUT2D eigenvalue weighted by Crippen LogP contribution is 2.15. The van der Waals surface area contributed by atoms with E-state index < -0.39 is 6.61 Å². The molecule has 1 aromatic rings. The first kappa shape index (κ1) is 11.9. The number of alkyl halides is 2. The minimum Gasteiger partial charge on any atom is -0.435 e. The van der Waals surface area contributed by atoms with Gasteiger partial charge in [-0.05, 0) is 30.5 Å². The standard InChI is InChI=1S/C11H15F2NO/c1-2-9(14)7-8-3-5-10(6-4-8)15-11(12)13/h3-6,9,11H,2,7,14H2,1H3. The summed E-state index contributed by atoms with van der Waals surface area (Å²) in [6.45, 7) is -0.757. The van der Waals surface area contributed by atoms with Crippen molar-refractivity contribution in [2.24, 2.45) is 5.73 Å². The van der Waals surface area contributed by atoms with E-state index in [1.165, 1.54) is 12.1 Å². The third-order valence-corrected chi connectivity index (χ3v) is 2.17. The highest BCUT2D eigenvalue weighted by atomic mass is 19.3. The Bertz CT molecular complexity index is 287. The molecule has 0 saturated heterocycles. The van der Waals surface area contributed by atoms with Gasteiger partial charge in [0.2, 0.25) is 0 Å². The van der Waals surface area contributed by atoms with Crippen LogP contribution in [0.5, 0.6) is 5.75 Å². The number of rotatable bonds is 5. The molecule has 2 N–H and O–H groups in total. The van der Waals surface area contributed by atoms with E-state index in [0.717, 1.165) is 18.4 Å². The van der Waals surface area contributed by atoms with Crippen LogP contribution >= 0.6 is 0 Å². The third kappa shape index (κ3) is 4.25. The second-order valence-corrected chi connectivity index (χ2v) is 3.39. The van der Waals surface area contributed by atoms with Crippen LogP contribution in [0, 0.1) is 0 Å². The Hall–Kier alpha value is -1.16. The van der Waals surface area contributed by atoms with Crippen molar-refractivity contribution >= 4 is 0 Å². The average Bonchev–Trinajstić information content (AvgIpc) is 2.20. The van der Waals surface area contributed by atoms with Gasteiger partial charge in [0.05, 0.1) is 0 Å². The molecule has 0 spiro atoms. The fraction of sp³-hybridized carbons (Fsp3) is 0.455. The van der Waals surface area contributed by atoms with E-state index in [9.17, 15) is 8.78 Å². The lowest BCUT2D eigenvalue weighted by Gasteiger charge is -2.09. The van der Waals surface area contributed by atoms with E-state index in [-0.39, 0.29) is 11.8 Å². The number of ether oxygens (including phenoxy) is 1. The van der Waals surface area contributed by atoms with Crippen LogP contribution in [0.1, 0.15) is 18.9 Å². The summed E-state index contributed by atoms with van der Waals surface area (Å²) in [6.07, 6.45) is 1.65. The molecule has 2 nitrogen and oxygen atoms in total. The summed E-state index contributed by atoms with van der Waals surface area (Å²) >= 11 is 0. The van der Waals surface area contributed by atoms with Crippen LogP contribution in [0.15, 0.2) is 24.3 Å². The highest BCUT2D eigenvalue weighted by molar-refractivity contribution is 5.27. The molecule has 4 heteroatoms. The largest absolute Gasteiger partial charge is 0.435 e. The van der Waals surface area contributed by atoms with Gasteiger partial charge < -0.3 is 10.5 Å². The fourth-order valence-corrected chi connectivity index (χ4v) is 1.25. The predicted molar refractivity (Wildman–Crippen MR) is 55.0 cm³/mol. The van der Waals surface area contributed by atoms with E-state index in [2.05, 4.69) is 4.74 Å². The minimum atomic E-state index is -2.77. The molecule has 0 saturated carbocycles. The first-order chi connectivity index (χ1) is 7.11. The summed E-state index contributed by atoms with van der Waals surface area (Å²) in [7, 11) is 0. The Morgan fingerprint density at radius 1 is 1.27 bits per heavy atom. The lowest BCUT2D eigenvalue weighted by Crippen LogP contribution is -2.21. The Morgan fingerprint density at radius 2 is 1.87 bits per heavy atom. The molecule has 15 heavy (non-hydrogen) atoms. The topological polar surface area (TPSA) is 35.2 Å². The van der Waals surface area contributed by atoms with Crippen LogP contribution < -0.4 is 10.5 Å². The van der Waals surface area contributed by atoms with Gasteiger partial charge in [0.1, 0.15) is 5.75 Å². The molecule has 0 fully saturated rings. The molecule has 0 radical (unpaired) electrons. The van der Waals surface area contributed by atoms with Gasteiger partial charge in [-0.15, -0.1) is 0 Å². The molecule has 0 aliphatic heterocycles. The first-order valence-electron chi connectivity index (χ1n) is 4.91. The van der Waals surface area contributed by atoms with Crippen LogP contribution in [0.4, 0.5) is 8.78 Å². The molecule has 0 heterocycles. The number of halogens is 2. The zero-order chi connectivity index (χ0) is 11.3. The molecule has 0 bridgehead atoms. The molecular formula is C11H15F2NO. The number of hydrogen-bond acceptors (Lipinski definition) is 2. The number of hydrogen-bond donors (Lipinski definition) is 1. The molecule has 84 valence electrons. The fourth-order valence-electron chi connectivity index (χ4n) is 1.25. The number of nitrogens with two attached hydrogens (primary N) is 1. The molecular weight excluding hydrogens is 200 g/mol. The summed E-state index contributed by atoms with van der Waals surface area (Å²) in [6, 6.07) is 6.70. The minimum absolute atomic E-state index is 0.117. The summed E-state index contributed by atoms with van der Waals surface area (Å²) in [5.74, 6) is 0.179. The molecule has 1 rings (SSSR count). The summed E-state index contributed by atoms with van der Waals surface area (Å²) in [4.78, 5) is 0. The van der Waals surface area contributed by atoms with Gasteiger partial charge in [-0.3, -0.25) is 0 Å². The molecule has 0 aromatic heterocycles. The molecule has 0 amide bonds.